The van der Waals surface area contributed by atoms with Crippen molar-refractivity contribution in [2.75, 3.05) is 13.1 Å². The van der Waals surface area contributed by atoms with Crippen LogP contribution in [-0.2, 0) is 0 Å². The molecule has 0 aliphatic carbocycles. The summed E-state index contributed by atoms with van der Waals surface area (Å²) >= 11 is 0. The van der Waals surface area contributed by atoms with Gasteiger partial charge in [0.15, 0.2) is 0 Å². The Hall–Kier alpha value is -0.0400. The molecular formula is C19H41N. The van der Waals surface area contributed by atoms with Gasteiger partial charge in [-0.1, -0.05) is 91.4 Å². The van der Waals surface area contributed by atoms with Gasteiger partial charge in [0.25, 0.3) is 0 Å². The number of hydrogen-bond acceptors (Lipinski definition) is 1. The molecule has 1 nitrogen and oxygen atoms in total. The van der Waals surface area contributed by atoms with E-state index in [9.17, 15) is 0 Å². The average molecular weight is 284 g/mol. The first-order valence-electron chi connectivity index (χ1n) is 9.55. The number of unbranched alkanes of at least 4 members (excludes halogenated alkanes) is 7. The Morgan fingerprint density at radius 1 is 0.550 bits per heavy atom. The number of nitrogens with one attached hydrogen (secondary N) is 1. The Balaban J connectivity index is 3.34. The van der Waals surface area contributed by atoms with Gasteiger partial charge < -0.3 is 5.32 Å². The highest BCUT2D eigenvalue weighted by molar-refractivity contribution is 4.61. The van der Waals surface area contributed by atoms with E-state index in [0.29, 0.717) is 0 Å². The molecule has 0 aliphatic rings. The Kier molecular flexibility index (Phi) is 17.0. The van der Waals surface area contributed by atoms with Crippen LogP contribution in [-0.4, -0.2) is 13.1 Å². The molecule has 0 aromatic rings. The summed E-state index contributed by atoms with van der Waals surface area (Å²) in [6, 6.07) is 0. The molecule has 0 rings (SSSR count). The molecule has 1 N–H and O–H groups in total. The molecule has 1 atom stereocenters. The summed E-state index contributed by atoms with van der Waals surface area (Å²) in [5.41, 5.74) is 0. The second-order valence-electron chi connectivity index (χ2n) is 6.46. The minimum absolute atomic E-state index is 0.976. The molecular weight excluding hydrogens is 242 g/mol. The third-order valence-corrected chi connectivity index (χ3v) is 4.35. The third-order valence-electron chi connectivity index (χ3n) is 4.35. The molecule has 122 valence electrons. The first-order chi connectivity index (χ1) is 9.85. The molecule has 0 fully saturated rings. The van der Waals surface area contributed by atoms with Gasteiger partial charge in [-0.25, -0.2) is 0 Å². The van der Waals surface area contributed by atoms with Crippen LogP contribution in [0, 0.1) is 5.92 Å². The highest BCUT2D eigenvalue weighted by Crippen LogP contribution is 2.18. The maximum atomic E-state index is 3.66. The topological polar surface area (TPSA) is 12.0 Å². The van der Waals surface area contributed by atoms with E-state index in [1.165, 1.54) is 96.6 Å². The van der Waals surface area contributed by atoms with Crippen molar-refractivity contribution in [3.05, 3.63) is 0 Å². The quantitative estimate of drug-likeness (QED) is 0.327. The summed E-state index contributed by atoms with van der Waals surface area (Å²) in [7, 11) is 0. The standard InChI is InChI=1S/C19H41N/c1-4-7-9-10-11-13-17-20-18-16-19(14-6-3)15-12-8-5-2/h19-20H,4-18H2,1-3H3. The Morgan fingerprint density at radius 2 is 1.20 bits per heavy atom. The fraction of sp³-hybridized carbons (Fsp3) is 1.00. The van der Waals surface area contributed by atoms with Crippen molar-refractivity contribution in [2.24, 2.45) is 5.92 Å². The molecule has 0 heterocycles. The van der Waals surface area contributed by atoms with Crippen LogP contribution in [0.1, 0.15) is 104 Å². The lowest BCUT2D eigenvalue weighted by Crippen LogP contribution is -2.19. The molecule has 0 spiro atoms. The highest BCUT2D eigenvalue weighted by atomic mass is 14.8. The molecule has 0 bridgehead atoms. The zero-order valence-electron chi connectivity index (χ0n) is 14.7. The average Bonchev–Trinajstić information content (AvgIpc) is 2.45. The Bertz CT molecular complexity index is 167. The van der Waals surface area contributed by atoms with E-state index in [1.54, 1.807) is 0 Å². The van der Waals surface area contributed by atoms with Crippen LogP contribution in [0.15, 0.2) is 0 Å². The maximum absolute atomic E-state index is 3.66. The van der Waals surface area contributed by atoms with Crippen molar-refractivity contribution < 1.29 is 0 Å². The summed E-state index contributed by atoms with van der Waals surface area (Å²) in [5, 5.41) is 3.66. The third kappa shape index (κ3) is 14.4. The van der Waals surface area contributed by atoms with Gasteiger partial charge in [0.2, 0.25) is 0 Å². The Labute approximate surface area is 129 Å². The van der Waals surface area contributed by atoms with Crippen LogP contribution in [0.5, 0.6) is 0 Å². The van der Waals surface area contributed by atoms with Gasteiger partial charge in [-0.2, -0.15) is 0 Å². The second-order valence-corrected chi connectivity index (χ2v) is 6.46. The molecule has 0 aliphatic heterocycles. The van der Waals surface area contributed by atoms with Gasteiger partial charge >= 0.3 is 0 Å². The molecule has 20 heavy (non-hydrogen) atoms. The fourth-order valence-electron chi connectivity index (χ4n) is 2.99. The monoisotopic (exact) mass is 283 g/mol. The molecule has 0 saturated carbocycles. The lowest BCUT2D eigenvalue weighted by atomic mass is 9.93. The van der Waals surface area contributed by atoms with Gasteiger partial charge in [0.1, 0.15) is 0 Å². The molecule has 0 aromatic heterocycles. The lowest BCUT2D eigenvalue weighted by Gasteiger charge is -2.16. The molecule has 1 unspecified atom stereocenters. The van der Waals surface area contributed by atoms with Gasteiger partial charge in [-0.05, 0) is 31.8 Å². The molecule has 0 amide bonds. The minimum Gasteiger partial charge on any atom is -0.317 e. The number of rotatable bonds is 16. The zero-order valence-corrected chi connectivity index (χ0v) is 14.7. The summed E-state index contributed by atoms with van der Waals surface area (Å²) in [5.74, 6) is 0.976. The first kappa shape index (κ1) is 20.0. The molecule has 1 heteroatoms. The van der Waals surface area contributed by atoms with E-state index in [-0.39, 0.29) is 0 Å². The van der Waals surface area contributed by atoms with Crippen molar-refractivity contribution >= 4 is 0 Å². The van der Waals surface area contributed by atoms with E-state index in [4.69, 9.17) is 0 Å². The summed E-state index contributed by atoms with van der Waals surface area (Å²) in [4.78, 5) is 0. The van der Waals surface area contributed by atoms with Crippen LogP contribution in [0.2, 0.25) is 0 Å². The zero-order chi connectivity index (χ0) is 14.9. The fourth-order valence-corrected chi connectivity index (χ4v) is 2.99. The normalized spacial score (nSPS) is 12.8. The van der Waals surface area contributed by atoms with Crippen LogP contribution in [0.4, 0.5) is 0 Å². The van der Waals surface area contributed by atoms with E-state index >= 15 is 0 Å². The van der Waals surface area contributed by atoms with Crippen molar-refractivity contribution in [2.45, 2.75) is 104 Å². The minimum atomic E-state index is 0.976. The molecule has 0 saturated heterocycles. The second kappa shape index (κ2) is 17.0. The van der Waals surface area contributed by atoms with Crippen molar-refractivity contribution in [1.29, 1.82) is 0 Å². The number of hydrogen-bond donors (Lipinski definition) is 1. The van der Waals surface area contributed by atoms with Gasteiger partial charge in [0.05, 0.1) is 0 Å². The van der Waals surface area contributed by atoms with Gasteiger partial charge in [-0.15, -0.1) is 0 Å². The summed E-state index contributed by atoms with van der Waals surface area (Å²) < 4.78 is 0. The van der Waals surface area contributed by atoms with E-state index in [0.717, 1.165) is 5.92 Å². The van der Waals surface area contributed by atoms with E-state index in [1.807, 2.05) is 0 Å². The van der Waals surface area contributed by atoms with Crippen LogP contribution in [0.3, 0.4) is 0 Å². The summed E-state index contributed by atoms with van der Waals surface area (Å²) in [6.07, 6.45) is 18.3. The lowest BCUT2D eigenvalue weighted by molar-refractivity contribution is 0.387. The van der Waals surface area contributed by atoms with Gasteiger partial charge in [0, 0.05) is 0 Å². The van der Waals surface area contributed by atoms with Crippen LogP contribution < -0.4 is 5.32 Å². The van der Waals surface area contributed by atoms with Crippen molar-refractivity contribution in [3.8, 4) is 0 Å². The van der Waals surface area contributed by atoms with Crippen LogP contribution in [0.25, 0.3) is 0 Å². The molecule has 0 aromatic carbocycles. The highest BCUT2D eigenvalue weighted by Gasteiger charge is 2.06. The predicted octanol–water partition coefficient (Wildman–Crippen LogP) is 6.32. The van der Waals surface area contributed by atoms with Crippen molar-refractivity contribution in [1.82, 2.24) is 5.32 Å². The first-order valence-corrected chi connectivity index (χ1v) is 9.55. The maximum Gasteiger partial charge on any atom is -0.00463 e. The largest absolute Gasteiger partial charge is 0.317 e. The van der Waals surface area contributed by atoms with Crippen LogP contribution >= 0.6 is 0 Å². The smallest absolute Gasteiger partial charge is 0.00463 e. The van der Waals surface area contributed by atoms with Crippen molar-refractivity contribution in [3.63, 3.8) is 0 Å². The van der Waals surface area contributed by atoms with E-state index in [2.05, 4.69) is 26.1 Å². The SMILES string of the molecule is CCCCCCCCNCCC(CCC)CCCCC. The van der Waals surface area contributed by atoms with E-state index < -0.39 is 0 Å². The Morgan fingerprint density at radius 3 is 1.90 bits per heavy atom. The van der Waals surface area contributed by atoms with Gasteiger partial charge in [-0.3, -0.25) is 0 Å². The summed E-state index contributed by atoms with van der Waals surface area (Å²) in [6.45, 7) is 9.40. The molecule has 0 radical (unpaired) electrons. The predicted molar refractivity (Wildman–Crippen MR) is 93.4 cm³/mol.